The Kier molecular flexibility index (Phi) is 61.2. The van der Waals surface area contributed by atoms with Gasteiger partial charge in [0.2, 0.25) is 5.91 Å². The number of carbonyl (C=O) groups is 2. The Hall–Kier alpha value is 0.300. The normalized spacial score (nSPS) is 12.7. The van der Waals surface area contributed by atoms with Gasteiger partial charge < -0.3 is 50.5 Å². The van der Waals surface area contributed by atoms with Gasteiger partial charge >= 0.3 is 29.6 Å². The predicted molar refractivity (Wildman–Crippen MR) is 175 cm³/mol. The van der Waals surface area contributed by atoms with Crippen LogP contribution in [0.25, 0.3) is 0 Å². The summed E-state index contributed by atoms with van der Waals surface area (Å²) in [7, 11) is 6.62. The molecule has 0 bridgehead atoms. The average Bonchev–Trinajstić information content (AvgIpc) is 3.32. The zero-order valence-electron chi connectivity index (χ0n) is 31.6. The number of hydrogen-bond acceptors (Lipinski definition) is 5. The fourth-order valence-electron chi connectivity index (χ4n) is 2.94. The van der Waals surface area contributed by atoms with E-state index in [1.54, 1.807) is 0 Å². The van der Waals surface area contributed by atoms with Crippen molar-refractivity contribution in [3.63, 3.8) is 0 Å². The van der Waals surface area contributed by atoms with E-state index in [1.807, 2.05) is 60.5 Å². The first kappa shape index (κ1) is 62.2. The number of unbranched alkanes of at least 4 members (excludes halogenated alkanes) is 3. The maximum atomic E-state index is 11.0. The summed E-state index contributed by atoms with van der Waals surface area (Å²) in [5.41, 5.74) is 0. The Morgan fingerprint density at radius 3 is 1.47 bits per heavy atom. The fraction of sp³-hybridized carbons (Fsp3) is 0.935. The van der Waals surface area contributed by atoms with Crippen LogP contribution >= 0.6 is 7.60 Å². The number of amides is 1. The number of hydrogen-bond donors (Lipinski definition) is 1. The molecule has 0 aromatic rings. The van der Waals surface area contributed by atoms with Gasteiger partial charge in [-0.15, -0.1) is 0 Å². The summed E-state index contributed by atoms with van der Waals surface area (Å²) in [4.78, 5) is 40.6. The van der Waals surface area contributed by atoms with Crippen LogP contribution in [-0.4, -0.2) is 105 Å². The third kappa shape index (κ3) is 65.8. The number of nitrogens with zero attached hydrogens (tertiary/aromatic N) is 3. The number of quaternary nitrogens is 2. The molecule has 262 valence electrons. The number of carboxylic acids is 1. The van der Waals surface area contributed by atoms with Gasteiger partial charge in [0, 0.05) is 25.7 Å². The Labute approximate surface area is 297 Å². The molecule has 1 N–H and O–H groups in total. The van der Waals surface area contributed by atoms with E-state index in [1.165, 1.54) is 32.7 Å². The minimum atomic E-state index is -3.90. The summed E-state index contributed by atoms with van der Waals surface area (Å²) < 4.78 is 11.2. The zero-order chi connectivity index (χ0) is 34.1. The molecule has 9 nitrogen and oxygen atoms in total. The van der Waals surface area contributed by atoms with Crippen LogP contribution in [0.4, 0.5) is 0 Å². The summed E-state index contributed by atoms with van der Waals surface area (Å²) in [6.07, 6.45) is 8.86. The van der Waals surface area contributed by atoms with Gasteiger partial charge in [0.1, 0.15) is 14.1 Å². The smallest absolute Gasteiger partial charge is 1.00 e. The second-order valence-corrected chi connectivity index (χ2v) is 12.6. The van der Waals surface area contributed by atoms with Crippen LogP contribution in [-0.2, 0) is 14.2 Å². The van der Waals surface area contributed by atoms with Gasteiger partial charge in [-0.05, 0) is 25.7 Å². The molecule has 1 unspecified atom stereocenters. The van der Waals surface area contributed by atoms with Gasteiger partial charge in [0.15, 0.2) is 0 Å². The van der Waals surface area contributed by atoms with E-state index in [4.69, 9.17) is 4.89 Å². The molecule has 0 aromatic heterocycles. The van der Waals surface area contributed by atoms with Crippen molar-refractivity contribution < 1.29 is 80.0 Å². The molecular weight excluding hydrogens is 600 g/mol. The van der Waals surface area contributed by atoms with Crippen LogP contribution in [0.15, 0.2) is 0 Å². The van der Waals surface area contributed by atoms with Crippen molar-refractivity contribution in [3.8, 4) is 0 Å². The maximum absolute atomic E-state index is 11.0. The van der Waals surface area contributed by atoms with Gasteiger partial charge in [-0.1, -0.05) is 88.5 Å². The van der Waals surface area contributed by atoms with Crippen molar-refractivity contribution in [3.05, 3.63) is 0 Å². The summed E-state index contributed by atoms with van der Waals surface area (Å²) in [5.74, 6) is -0.612. The number of halogens is 1. The van der Waals surface area contributed by atoms with Gasteiger partial charge in [-0.2, -0.15) is 0 Å². The SMILES string of the molecule is CC.CC.CC.CCCCN1CCCC1=O.CCCC[N+](C)(C)C.CCCC[N+](C)(C)CC(=O)[O-].CCP(=O)([O-])O.[Cl-].[Na+]. The summed E-state index contributed by atoms with van der Waals surface area (Å²) in [5, 5.41) is 10.3. The molecule has 1 aliphatic rings. The Morgan fingerprint density at radius 2 is 1.23 bits per heavy atom. The molecule has 1 fully saturated rings. The van der Waals surface area contributed by atoms with Crippen LogP contribution in [0.5, 0.6) is 0 Å². The Morgan fingerprint density at radius 1 is 0.860 bits per heavy atom. The first-order valence-electron chi connectivity index (χ1n) is 16.1. The average molecular weight is 674 g/mol. The van der Waals surface area contributed by atoms with Gasteiger partial charge in [0.05, 0.1) is 54.3 Å². The number of aliphatic carboxylic acids is 1. The molecule has 0 spiro atoms. The topological polar surface area (TPSA) is 121 Å². The molecule has 0 saturated carbocycles. The molecule has 1 heterocycles. The van der Waals surface area contributed by atoms with E-state index >= 15 is 0 Å². The van der Waals surface area contributed by atoms with Crippen molar-refractivity contribution in [1.29, 1.82) is 0 Å². The van der Waals surface area contributed by atoms with E-state index in [0.29, 0.717) is 10.4 Å². The summed E-state index contributed by atoms with van der Waals surface area (Å²) in [6.45, 7) is 24.2. The van der Waals surface area contributed by atoms with Gasteiger partial charge in [0.25, 0.3) is 0 Å². The van der Waals surface area contributed by atoms with Crippen molar-refractivity contribution in [2.24, 2.45) is 0 Å². The monoisotopic (exact) mass is 673 g/mol. The molecule has 1 aliphatic heterocycles. The minimum Gasteiger partial charge on any atom is -1.00 e. The fourth-order valence-corrected chi connectivity index (χ4v) is 2.94. The van der Waals surface area contributed by atoms with Crippen LogP contribution in [0.3, 0.4) is 0 Å². The zero-order valence-corrected chi connectivity index (χ0v) is 35.2. The molecule has 1 amide bonds. The van der Waals surface area contributed by atoms with Crippen LogP contribution in [0.2, 0.25) is 0 Å². The van der Waals surface area contributed by atoms with Gasteiger partial charge in [-0.25, -0.2) is 0 Å². The largest absolute Gasteiger partial charge is 1.00 e. The van der Waals surface area contributed by atoms with E-state index in [0.717, 1.165) is 56.2 Å². The minimum absolute atomic E-state index is 0. The molecule has 0 radical (unpaired) electrons. The van der Waals surface area contributed by atoms with Crippen LogP contribution in [0.1, 0.15) is 121 Å². The third-order valence-corrected chi connectivity index (χ3v) is 6.01. The summed E-state index contributed by atoms with van der Waals surface area (Å²) >= 11 is 0. The maximum Gasteiger partial charge on any atom is 1.00 e. The first-order valence-corrected chi connectivity index (χ1v) is 17.8. The van der Waals surface area contributed by atoms with Gasteiger partial charge in [-0.3, -0.25) is 4.79 Å². The standard InChI is InChI=1S/C8H17NO2.C8H15NO.C7H18N.C2H7O3P.3C2H6.ClH.Na/c1-4-5-6-9(2,3)7-8(10)11;1-2-3-6-9-7-4-5-8(9)10;1-5-6-7-8(2,3)4;1-2-6(3,4)5;3*1-2;;/h4-7H2,1-3H3;2-7H2,1H3;5-7H2,1-4H3;2H2,1H3,(H2,3,4,5);3*1-2H3;1H;/q;;+1;;;;;;+1/p-2. The molecule has 1 rings (SSSR count). The number of carboxylic acid groups (broad SMARTS) is 1. The second-order valence-electron chi connectivity index (χ2n) is 10.7. The van der Waals surface area contributed by atoms with E-state index in [2.05, 4.69) is 41.9 Å². The van der Waals surface area contributed by atoms with Crippen molar-refractivity contribution in [2.45, 2.75) is 121 Å². The first-order chi connectivity index (χ1) is 18.9. The third-order valence-electron chi connectivity index (χ3n) is 5.21. The van der Waals surface area contributed by atoms with Crippen molar-refractivity contribution in [1.82, 2.24) is 4.90 Å². The molecule has 1 saturated heterocycles. The Bertz CT molecular complexity index is 605. The number of carbonyl (C=O) groups excluding carboxylic acids is 2. The van der Waals surface area contributed by atoms with E-state index in [-0.39, 0.29) is 54.7 Å². The predicted octanol–water partition coefficient (Wildman–Crippen LogP) is -0.847. The summed E-state index contributed by atoms with van der Waals surface area (Å²) in [6, 6.07) is 0. The molecular formula is C31H74ClN3NaO6P. The van der Waals surface area contributed by atoms with E-state index < -0.39 is 13.6 Å². The van der Waals surface area contributed by atoms with Crippen molar-refractivity contribution in [2.75, 3.05) is 74.1 Å². The molecule has 1 atom stereocenters. The second kappa shape index (κ2) is 42.3. The number of rotatable bonds is 12. The van der Waals surface area contributed by atoms with E-state index in [9.17, 15) is 24.2 Å². The molecule has 43 heavy (non-hydrogen) atoms. The molecule has 0 aromatic carbocycles. The van der Waals surface area contributed by atoms with Crippen LogP contribution in [0, 0.1) is 0 Å². The Balaban J connectivity index is -0.0000000597. The van der Waals surface area contributed by atoms with Crippen molar-refractivity contribution >= 4 is 19.5 Å². The molecule has 0 aliphatic carbocycles. The molecule has 12 heteroatoms. The number of likely N-dealkylation sites (tertiary alicyclic amines) is 1. The van der Waals surface area contributed by atoms with Crippen LogP contribution < -0.4 is 52.0 Å². The quantitative estimate of drug-likeness (QED) is 0.164. The number of likely N-dealkylation sites (N-methyl/N-ethyl adjacent to an activating group) is 1.